The number of hydrogen-bond donors (Lipinski definition) is 2. The first-order valence-corrected chi connectivity index (χ1v) is 11.2. The normalized spacial score (nSPS) is 20.3. The van der Waals surface area contributed by atoms with Gasteiger partial charge in [0, 0.05) is 19.1 Å². The van der Waals surface area contributed by atoms with Crippen LogP contribution in [0, 0.1) is 6.92 Å². The number of nitrogens with zero attached hydrogens (tertiary/aromatic N) is 3. The third-order valence-corrected chi connectivity index (χ3v) is 6.44. The van der Waals surface area contributed by atoms with Crippen LogP contribution in [0.15, 0.2) is 29.3 Å². The Labute approximate surface area is 199 Å². The molecule has 0 atom stereocenters. The SMILES string of the molecule is CN=C(NCCOc1ccc(C)cc1)NCC1(N2CCCCC2)CCN(C)CC1.I. The molecule has 6 nitrogen and oxygen atoms in total. The van der Waals surface area contributed by atoms with Crippen LogP contribution in [0.4, 0.5) is 0 Å². The fourth-order valence-electron chi connectivity index (χ4n) is 4.45. The Bertz CT molecular complexity index is 637. The van der Waals surface area contributed by atoms with E-state index in [0.717, 1.165) is 24.8 Å². The molecule has 0 unspecified atom stereocenters. The summed E-state index contributed by atoms with van der Waals surface area (Å²) in [7, 11) is 4.08. The summed E-state index contributed by atoms with van der Waals surface area (Å²) in [5.74, 6) is 1.78. The van der Waals surface area contributed by atoms with Gasteiger partial charge in [-0.2, -0.15) is 0 Å². The van der Waals surface area contributed by atoms with E-state index in [9.17, 15) is 0 Å². The van der Waals surface area contributed by atoms with Gasteiger partial charge in [-0.3, -0.25) is 9.89 Å². The summed E-state index contributed by atoms with van der Waals surface area (Å²) in [6.07, 6.45) is 6.50. The summed E-state index contributed by atoms with van der Waals surface area (Å²) in [6.45, 7) is 9.22. The van der Waals surface area contributed by atoms with Crippen LogP contribution in [0.2, 0.25) is 0 Å². The van der Waals surface area contributed by atoms with Crippen molar-refractivity contribution >= 4 is 29.9 Å². The number of hydrogen-bond acceptors (Lipinski definition) is 4. The lowest BCUT2D eigenvalue weighted by Crippen LogP contribution is -2.62. The lowest BCUT2D eigenvalue weighted by atomic mass is 9.84. The van der Waals surface area contributed by atoms with Gasteiger partial charge in [0.2, 0.25) is 0 Å². The van der Waals surface area contributed by atoms with Crippen molar-refractivity contribution in [3.05, 3.63) is 29.8 Å². The summed E-state index contributed by atoms with van der Waals surface area (Å²) in [5, 5.41) is 7.03. The molecule has 0 radical (unpaired) electrons. The second-order valence-corrected chi connectivity index (χ2v) is 8.59. The highest BCUT2D eigenvalue weighted by Gasteiger charge is 2.39. The van der Waals surface area contributed by atoms with Crippen molar-refractivity contribution < 1.29 is 4.74 Å². The Kier molecular flexibility index (Phi) is 10.7. The van der Waals surface area contributed by atoms with Crippen LogP contribution in [0.1, 0.15) is 37.7 Å². The van der Waals surface area contributed by atoms with Crippen LogP contribution < -0.4 is 15.4 Å². The van der Waals surface area contributed by atoms with Crippen LogP contribution in [-0.4, -0.2) is 81.3 Å². The van der Waals surface area contributed by atoms with Crippen LogP contribution in [0.5, 0.6) is 5.75 Å². The highest BCUT2D eigenvalue weighted by molar-refractivity contribution is 14.0. The summed E-state index contributed by atoms with van der Waals surface area (Å²) < 4.78 is 5.82. The van der Waals surface area contributed by atoms with Gasteiger partial charge < -0.3 is 20.3 Å². The van der Waals surface area contributed by atoms with Crippen molar-refractivity contribution in [2.45, 2.75) is 44.6 Å². The second kappa shape index (κ2) is 12.7. The van der Waals surface area contributed by atoms with E-state index in [4.69, 9.17) is 4.74 Å². The zero-order valence-electron chi connectivity index (χ0n) is 19.0. The lowest BCUT2D eigenvalue weighted by molar-refractivity contribution is 0.0173. The van der Waals surface area contributed by atoms with Gasteiger partial charge in [0.25, 0.3) is 0 Å². The number of halogens is 1. The number of benzene rings is 1. The molecule has 2 N–H and O–H groups in total. The highest BCUT2D eigenvalue weighted by Crippen LogP contribution is 2.30. The molecule has 7 heteroatoms. The zero-order chi connectivity index (χ0) is 20.5. The van der Waals surface area contributed by atoms with E-state index in [0.29, 0.717) is 6.61 Å². The molecule has 2 aliphatic heterocycles. The maximum absolute atomic E-state index is 5.82. The first-order chi connectivity index (χ1) is 14.1. The zero-order valence-corrected chi connectivity index (χ0v) is 21.3. The van der Waals surface area contributed by atoms with Crippen LogP contribution in [0.3, 0.4) is 0 Å². The Balaban J connectivity index is 0.00000320. The minimum absolute atomic E-state index is 0. The number of rotatable bonds is 7. The van der Waals surface area contributed by atoms with Crippen LogP contribution in [-0.2, 0) is 0 Å². The van der Waals surface area contributed by atoms with Gasteiger partial charge in [0.15, 0.2) is 5.96 Å². The van der Waals surface area contributed by atoms with Gasteiger partial charge >= 0.3 is 0 Å². The van der Waals surface area contributed by atoms with E-state index in [1.807, 2.05) is 19.2 Å². The quantitative estimate of drug-likeness (QED) is 0.246. The van der Waals surface area contributed by atoms with Crippen molar-refractivity contribution in [1.29, 1.82) is 0 Å². The van der Waals surface area contributed by atoms with Crippen molar-refractivity contribution in [3.8, 4) is 5.75 Å². The monoisotopic (exact) mass is 529 g/mol. The molecule has 3 rings (SSSR count). The third-order valence-electron chi connectivity index (χ3n) is 6.44. The van der Waals surface area contributed by atoms with E-state index in [1.54, 1.807) is 0 Å². The molecule has 0 saturated carbocycles. The molecule has 2 saturated heterocycles. The molecular weight excluding hydrogens is 489 g/mol. The van der Waals surface area contributed by atoms with E-state index < -0.39 is 0 Å². The minimum atomic E-state index is 0. The summed E-state index contributed by atoms with van der Waals surface area (Å²) in [4.78, 5) is 9.64. The minimum Gasteiger partial charge on any atom is -0.492 e. The number of nitrogens with one attached hydrogen (secondary N) is 2. The molecule has 2 aliphatic rings. The van der Waals surface area contributed by atoms with Gasteiger partial charge in [-0.1, -0.05) is 24.1 Å². The summed E-state index contributed by atoms with van der Waals surface area (Å²) in [5.41, 5.74) is 1.50. The largest absolute Gasteiger partial charge is 0.492 e. The molecular formula is C23H40IN5O. The molecule has 0 spiro atoms. The van der Waals surface area contributed by atoms with Crippen LogP contribution in [0.25, 0.3) is 0 Å². The number of likely N-dealkylation sites (tertiary alicyclic amines) is 2. The van der Waals surface area contributed by atoms with Gasteiger partial charge in [-0.05, 0) is 78.0 Å². The molecule has 0 aliphatic carbocycles. The van der Waals surface area contributed by atoms with E-state index in [2.05, 4.69) is 51.5 Å². The summed E-state index contributed by atoms with van der Waals surface area (Å²) in [6, 6.07) is 8.19. The van der Waals surface area contributed by atoms with Gasteiger partial charge in [-0.15, -0.1) is 24.0 Å². The smallest absolute Gasteiger partial charge is 0.191 e. The average Bonchev–Trinajstić information content (AvgIpc) is 2.76. The Hall–Kier alpha value is -1.06. The molecule has 1 aromatic rings. The topological polar surface area (TPSA) is 52.1 Å². The van der Waals surface area contributed by atoms with Crippen molar-refractivity contribution in [1.82, 2.24) is 20.4 Å². The molecule has 2 heterocycles. The molecule has 0 aromatic heterocycles. The molecule has 0 amide bonds. The van der Waals surface area contributed by atoms with Gasteiger partial charge in [0.05, 0.1) is 6.54 Å². The molecule has 2 fully saturated rings. The maximum atomic E-state index is 5.82. The Morgan fingerprint density at radius 3 is 2.33 bits per heavy atom. The van der Waals surface area contributed by atoms with Crippen molar-refractivity contribution in [3.63, 3.8) is 0 Å². The fourth-order valence-corrected chi connectivity index (χ4v) is 4.45. The van der Waals surface area contributed by atoms with Gasteiger partial charge in [-0.25, -0.2) is 0 Å². The number of piperidine rings is 2. The Morgan fingerprint density at radius 1 is 1.03 bits per heavy atom. The van der Waals surface area contributed by atoms with E-state index in [1.165, 1.54) is 63.8 Å². The molecule has 0 bridgehead atoms. The second-order valence-electron chi connectivity index (χ2n) is 8.59. The predicted octanol–water partition coefficient (Wildman–Crippen LogP) is 3.11. The standard InChI is InChI=1S/C23H39N5O.HI/c1-20-7-9-21(10-8-20)29-18-13-25-22(24-2)26-19-23(11-16-27(3)17-12-23)28-14-5-4-6-15-28;/h7-10H,4-6,11-19H2,1-3H3,(H2,24,25,26);1H. The summed E-state index contributed by atoms with van der Waals surface area (Å²) >= 11 is 0. The van der Waals surface area contributed by atoms with E-state index in [-0.39, 0.29) is 29.5 Å². The predicted molar refractivity (Wildman–Crippen MR) is 136 cm³/mol. The molecule has 170 valence electrons. The fraction of sp³-hybridized carbons (Fsp3) is 0.696. The maximum Gasteiger partial charge on any atom is 0.191 e. The van der Waals surface area contributed by atoms with Crippen molar-refractivity contribution in [2.75, 3.05) is 60.0 Å². The Morgan fingerprint density at radius 2 is 1.70 bits per heavy atom. The first kappa shape index (κ1) is 25.2. The van der Waals surface area contributed by atoms with E-state index >= 15 is 0 Å². The van der Waals surface area contributed by atoms with Crippen LogP contribution >= 0.6 is 24.0 Å². The lowest BCUT2D eigenvalue weighted by Gasteiger charge is -2.50. The number of aliphatic imine (C=N–C) groups is 1. The first-order valence-electron chi connectivity index (χ1n) is 11.2. The number of aryl methyl sites for hydroxylation is 1. The molecule has 30 heavy (non-hydrogen) atoms. The molecule has 1 aromatic carbocycles. The number of ether oxygens (including phenoxy) is 1. The van der Waals surface area contributed by atoms with Crippen molar-refractivity contribution in [2.24, 2.45) is 4.99 Å². The average molecular weight is 530 g/mol. The van der Waals surface area contributed by atoms with Gasteiger partial charge in [0.1, 0.15) is 12.4 Å². The number of guanidine groups is 1. The third kappa shape index (κ3) is 7.27. The highest BCUT2D eigenvalue weighted by atomic mass is 127.